The number of hydrogen-bond acceptors (Lipinski definition) is 3. The Balaban J connectivity index is 1.85. The van der Waals surface area contributed by atoms with Crippen molar-refractivity contribution in [2.45, 2.75) is 39.5 Å². The highest BCUT2D eigenvalue weighted by Crippen LogP contribution is 2.51. The van der Waals surface area contributed by atoms with Crippen LogP contribution in [0.15, 0.2) is 24.3 Å². The van der Waals surface area contributed by atoms with Crippen molar-refractivity contribution in [3.8, 4) is 0 Å². The van der Waals surface area contributed by atoms with E-state index in [9.17, 15) is 8.42 Å². The molecule has 0 radical (unpaired) electrons. The monoisotopic (exact) mass is 310 g/mol. The van der Waals surface area contributed by atoms with E-state index < -0.39 is 10.0 Å². The standard InChI is InChI=1S/C16H26N2O2S/c1-4-17-10-13-5-7-14(8-6-13)12-21(19,20)18-11-15-9-16(15,2)3/h5-8,15,17-18H,4,9-12H2,1-3H3. The molecule has 1 atom stereocenters. The first-order chi connectivity index (χ1) is 9.82. The molecule has 4 nitrogen and oxygen atoms in total. The van der Waals surface area contributed by atoms with Gasteiger partial charge in [0.15, 0.2) is 0 Å². The molecule has 1 unspecified atom stereocenters. The molecule has 0 aliphatic heterocycles. The minimum absolute atomic E-state index is 0.0572. The topological polar surface area (TPSA) is 58.2 Å². The van der Waals surface area contributed by atoms with Crippen molar-refractivity contribution in [2.75, 3.05) is 13.1 Å². The van der Waals surface area contributed by atoms with E-state index in [1.165, 1.54) is 5.56 Å². The van der Waals surface area contributed by atoms with Crippen molar-refractivity contribution in [3.63, 3.8) is 0 Å². The van der Waals surface area contributed by atoms with Crippen LogP contribution < -0.4 is 10.0 Å². The molecular formula is C16H26N2O2S. The average molecular weight is 310 g/mol. The van der Waals surface area contributed by atoms with Gasteiger partial charge in [-0.3, -0.25) is 0 Å². The lowest BCUT2D eigenvalue weighted by Gasteiger charge is -2.09. The first kappa shape index (κ1) is 16.5. The largest absolute Gasteiger partial charge is 0.313 e. The maximum atomic E-state index is 12.1. The van der Waals surface area contributed by atoms with Crippen LogP contribution in [0.3, 0.4) is 0 Å². The Morgan fingerprint density at radius 2 is 1.76 bits per heavy atom. The maximum Gasteiger partial charge on any atom is 0.215 e. The second-order valence-electron chi connectivity index (χ2n) is 6.59. The molecule has 0 bridgehead atoms. The summed E-state index contributed by atoms with van der Waals surface area (Å²) in [6.45, 7) is 8.72. The van der Waals surface area contributed by atoms with E-state index >= 15 is 0 Å². The van der Waals surface area contributed by atoms with E-state index in [-0.39, 0.29) is 5.75 Å². The zero-order valence-electron chi connectivity index (χ0n) is 13.1. The maximum absolute atomic E-state index is 12.1. The molecule has 0 aromatic heterocycles. The van der Waals surface area contributed by atoms with E-state index in [2.05, 4.69) is 30.8 Å². The van der Waals surface area contributed by atoms with Gasteiger partial charge in [0.05, 0.1) is 5.75 Å². The highest BCUT2D eigenvalue weighted by molar-refractivity contribution is 7.88. The van der Waals surface area contributed by atoms with E-state index in [1.807, 2.05) is 24.3 Å². The third-order valence-electron chi connectivity index (χ3n) is 4.23. The quantitative estimate of drug-likeness (QED) is 0.774. The molecular weight excluding hydrogens is 284 g/mol. The Morgan fingerprint density at radius 3 is 2.29 bits per heavy atom. The predicted octanol–water partition coefficient (Wildman–Crippen LogP) is 2.26. The molecule has 2 N–H and O–H groups in total. The number of sulfonamides is 1. The highest BCUT2D eigenvalue weighted by Gasteiger charge is 2.45. The Kier molecular flexibility index (Phi) is 5.07. The molecule has 1 aliphatic carbocycles. The van der Waals surface area contributed by atoms with E-state index in [1.54, 1.807) is 0 Å². The van der Waals surface area contributed by atoms with Crippen molar-refractivity contribution in [3.05, 3.63) is 35.4 Å². The second-order valence-corrected chi connectivity index (χ2v) is 8.40. The average Bonchev–Trinajstić information content (AvgIpc) is 3.03. The fraction of sp³-hybridized carbons (Fsp3) is 0.625. The van der Waals surface area contributed by atoms with Gasteiger partial charge in [-0.05, 0) is 35.4 Å². The van der Waals surface area contributed by atoms with Gasteiger partial charge in [-0.15, -0.1) is 0 Å². The second kappa shape index (κ2) is 6.46. The summed E-state index contributed by atoms with van der Waals surface area (Å²) in [5.41, 5.74) is 2.31. The summed E-state index contributed by atoms with van der Waals surface area (Å²) in [6, 6.07) is 7.76. The van der Waals surface area contributed by atoms with Crippen LogP contribution in [0.1, 0.15) is 38.3 Å². The van der Waals surface area contributed by atoms with Crippen LogP contribution in [0, 0.1) is 11.3 Å². The minimum atomic E-state index is -3.24. The summed E-state index contributed by atoms with van der Waals surface area (Å²) in [7, 11) is -3.24. The summed E-state index contributed by atoms with van der Waals surface area (Å²) >= 11 is 0. The van der Waals surface area contributed by atoms with E-state index in [4.69, 9.17) is 0 Å². The van der Waals surface area contributed by atoms with Crippen LogP contribution in [0.25, 0.3) is 0 Å². The van der Waals surface area contributed by atoms with Gasteiger partial charge in [-0.2, -0.15) is 0 Å². The Morgan fingerprint density at radius 1 is 1.19 bits per heavy atom. The number of rotatable bonds is 8. The van der Waals surface area contributed by atoms with Crippen molar-refractivity contribution >= 4 is 10.0 Å². The molecule has 1 aliphatic rings. The van der Waals surface area contributed by atoms with Gasteiger partial charge in [-0.25, -0.2) is 13.1 Å². The third-order valence-corrected chi connectivity index (χ3v) is 5.55. The molecule has 21 heavy (non-hydrogen) atoms. The van der Waals surface area contributed by atoms with Crippen molar-refractivity contribution in [1.82, 2.24) is 10.0 Å². The number of nitrogens with one attached hydrogen (secondary N) is 2. The van der Waals surface area contributed by atoms with Gasteiger partial charge in [0, 0.05) is 13.1 Å². The molecule has 0 spiro atoms. The third kappa shape index (κ3) is 5.09. The first-order valence-electron chi connectivity index (χ1n) is 7.58. The number of hydrogen-bond donors (Lipinski definition) is 2. The predicted molar refractivity (Wildman–Crippen MR) is 86.3 cm³/mol. The Labute approximate surface area is 128 Å². The lowest BCUT2D eigenvalue weighted by Crippen LogP contribution is -2.28. The molecule has 1 saturated carbocycles. The summed E-state index contributed by atoms with van der Waals surface area (Å²) in [6.07, 6.45) is 1.11. The van der Waals surface area contributed by atoms with Gasteiger partial charge < -0.3 is 5.32 Å². The van der Waals surface area contributed by atoms with E-state index in [0.717, 1.165) is 25.1 Å². The molecule has 2 rings (SSSR count). The van der Waals surface area contributed by atoms with E-state index in [0.29, 0.717) is 17.9 Å². The van der Waals surface area contributed by atoms with Gasteiger partial charge in [-0.1, -0.05) is 45.0 Å². The normalized spacial score (nSPS) is 20.4. The minimum Gasteiger partial charge on any atom is -0.313 e. The molecule has 5 heteroatoms. The zero-order chi connectivity index (χ0) is 15.5. The van der Waals surface area contributed by atoms with Crippen LogP contribution in [0.4, 0.5) is 0 Å². The lowest BCUT2D eigenvalue weighted by molar-refractivity contribution is 0.537. The summed E-state index contributed by atoms with van der Waals surface area (Å²) in [5.74, 6) is 0.538. The SMILES string of the molecule is CCNCc1ccc(CS(=O)(=O)NCC2CC2(C)C)cc1. The van der Waals surface area contributed by atoms with Gasteiger partial charge >= 0.3 is 0 Å². The van der Waals surface area contributed by atoms with Gasteiger partial charge in [0.1, 0.15) is 0 Å². The molecule has 1 aromatic rings. The van der Waals surface area contributed by atoms with Crippen molar-refractivity contribution in [2.24, 2.45) is 11.3 Å². The molecule has 1 fully saturated rings. The van der Waals surface area contributed by atoms with Crippen LogP contribution >= 0.6 is 0 Å². The Bertz CT molecular complexity index is 564. The molecule has 0 heterocycles. The fourth-order valence-electron chi connectivity index (χ4n) is 2.45. The van der Waals surface area contributed by atoms with Crippen LogP contribution in [-0.4, -0.2) is 21.5 Å². The summed E-state index contributed by atoms with van der Waals surface area (Å²) in [5, 5.41) is 3.25. The smallest absolute Gasteiger partial charge is 0.215 e. The molecule has 1 aromatic carbocycles. The lowest BCUT2D eigenvalue weighted by atomic mass is 10.1. The van der Waals surface area contributed by atoms with Crippen molar-refractivity contribution < 1.29 is 8.42 Å². The first-order valence-corrected chi connectivity index (χ1v) is 9.23. The van der Waals surface area contributed by atoms with Gasteiger partial charge in [0.2, 0.25) is 10.0 Å². The zero-order valence-corrected chi connectivity index (χ0v) is 14.0. The Hall–Kier alpha value is -0.910. The van der Waals surface area contributed by atoms with Crippen molar-refractivity contribution in [1.29, 1.82) is 0 Å². The highest BCUT2D eigenvalue weighted by atomic mass is 32.2. The van der Waals surface area contributed by atoms with Gasteiger partial charge in [0.25, 0.3) is 0 Å². The van der Waals surface area contributed by atoms with Crippen LogP contribution in [-0.2, 0) is 22.3 Å². The summed E-state index contributed by atoms with van der Waals surface area (Å²) in [4.78, 5) is 0. The summed E-state index contributed by atoms with van der Waals surface area (Å²) < 4.78 is 26.9. The fourth-order valence-corrected chi connectivity index (χ4v) is 3.63. The van der Waals surface area contributed by atoms with Crippen LogP contribution in [0.2, 0.25) is 0 Å². The molecule has 0 saturated heterocycles. The molecule has 118 valence electrons. The number of benzene rings is 1. The van der Waals surface area contributed by atoms with Crippen LogP contribution in [0.5, 0.6) is 0 Å². The molecule has 0 amide bonds.